The van der Waals surface area contributed by atoms with Crippen LogP contribution in [0.4, 0.5) is 5.82 Å². The SMILES string of the molecule is COc1ccc(-n2nnc3c(N4CCN(C(=O)CC5CCCC5)CC4)ncnc32)cc1. The minimum Gasteiger partial charge on any atom is -0.497 e. The van der Waals surface area contributed by atoms with Gasteiger partial charge in [-0.3, -0.25) is 4.79 Å². The van der Waals surface area contributed by atoms with E-state index in [0.29, 0.717) is 42.5 Å². The predicted molar refractivity (Wildman–Crippen MR) is 116 cm³/mol. The van der Waals surface area contributed by atoms with E-state index in [9.17, 15) is 4.79 Å². The lowest BCUT2D eigenvalue weighted by Gasteiger charge is -2.35. The fourth-order valence-electron chi connectivity index (χ4n) is 4.62. The first-order chi connectivity index (χ1) is 15.2. The number of rotatable bonds is 5. The van der Waals surface area contributed by atoms with Crippen molar-refractivity contribution < 1.29 is 9.53 Å². The predicted octanol–water partition coefficient (Wildman–Crippen LogP) is 2.45. The summed E-state index contributed by atoms with van der Waals surface area (Å²) in [4.78, 5) is 25.8. The maximum atomic E-state index is 12.7. The van der Waals surface area contributed by atoms with E-state index in [1.807, 2.05) is 29.2 Å². The lowest BCUT2D eigenvalue weighted by atomic mass is 10.0. The molecule has 1 aromatic carbocycles. The van der Waals surface area contributed by atoms with E-state index in [1.54, 1.807) is 18.1 Å². The molecule has 0 unspecified atom stereocenters. The smallest absolute Gasteiger partial charge is 0.222 e. The third-order valence-electron chi connectivity index (χ3n) is 6.41. The van der Waals surface area contributed by atoms with Crippen molar-refractivity contribution in [2.45, 2.75) is 32.1 Å². The van der Waals surface area contributed by atoms with Gasteiger partial charge < -0.3 is 14.5 Å². The number of carbonyl (C=O) groups is 1. The molecule has 2 fully saturated rings. The highest BCUT2D eigenvalue weighted by Gasteiger charge is 2.27. The summed E-state index contributed by atoms with van der Waals surface area (Å²) in [6, 6.07) is 7.60. The van der Waals surface area contributed by atoms with Crippen LogP contribution >= 0.6 is 0 Å². The van der Waals surface area contributed by atoms with Crippen LogP contribution in [0.3, 0.4) is 0 Å². The first-order valence-electron chi connectivity index (χ1n) is 11.0. The number of aromatic nitrogens is 5. The van der Waals surface area contributed by atoms with Crippen molar-refractivity contribution in [2.75, 3.05) is 38.2 Å². The first-order valence-corrected chi connectivity index (χ1v) is 11.0. The minimum absolute atomic E-state index is 0.296. The highest BCUT2D eigenvalue weighted by atomic mass is 16.5. The van der Waals surface area contributed by atoms with Crippen LogP contribution in [-0.2, 0) is 4.79 Å². The largest absolute Gasteiger partial charge is 0.497 e. The van der Waals surface area contributed by atoms with Crippen LogP contribution in [-0.4, -0.2) is 69.1 Å². The maximum absolute atomic E-state index is 12.7. The monoisotopic (exact) mass is 421 g/mol. The summed E-state index contributed by atoms with van der Waals surface area (Å²) >= 11 is 0. The number of carbonyl (C=O) groups excluding carboxylic acids is 1. The molecule has 9 nitrogen and oxygen atoms in total. The van der Waals surface area contributed by atoms with E-state index in [2.05, 4.69) is 25.2 Å². The molecule has 1 saturated heterocycles. The van der Waals surface area contributed by atoms with Gasteiger partial charge in [-0.05, 0) is 43.0 Å². The Balaban J connectivity index is 1.31. The van der Waals surface area contributed by atoms with Gasteiger partial charge in [0.2, 0.25) is 5.91 Å². The van der Waals surface area contributed by atoms with Gasteiger partial charge in [-0.2, -0.15) is 4.68 Å². The molecule has 2 aliphatic rings. The van der Waals surface area contributed by atoms with Gasteiger partial charge in [0, 0.05) is 32.6 Å². The van der Waals surface area contributed by atoms with Crippen LogP contribution in [0.1, 0.15) is 32.1 Å². The van der Waals surface area contributed by atoms with Crippen molar-refractivity contribution in [3.63, 3.8) is 0 Å². The Morgan fingerprint density at radius 2 is 1.81 bits per heavy atom. The fraction of sp³-hybridized carbons (Fsp3) is 0.500. The van der Waals surface area contributed by atoms with Crippen LogP contribution in [0.25, 0.3) is 16.9 Å². The number of piperazine rings is 1. The molecule has 2 aromatic heterocycles. The summed E-state index contributed by atoms with van der Waals surface area (Å²) in [5, 5.41) is 8.68. The Morgan fingerprint density at radius 3 is 2.52 bits per heavy atom. The third kappa shape index (κ3) is 3.92. The zero-order chi connectivity index (χ0) is 21.2. The topological polar surface area (TPSA) is 89.3 Å². The van der Waals surface area contributed by atoms with Crippen LogP contribution in [0, 0.1) is 5.92 Å². The number of amides is 1. The van der Waals surface area contributed by atoms with Crippen molar-refractivity contribution in [3.05, 3.63) is 30.6 Å². The van der Waals surface area contributed by atoms with Gasteiger partial charge in [0.15, 0.2) is 17.0 Å². The second-order valence-corrected chi connectivity index (χ2v) is 8.29. The second-order valence-electron chi connectivity index (χ2n) is 8.29. The zero-order valence-corrected chi connectivity index (χ0v) is 17.8. The molecule has 0 N–H and O–H groups in total. The Bertz CT molecular complexity index is 1050. The minimum atomic E-state index is 0.296. The van der Waals surface area contributed by atoms with Gasteiger partial charge in [0.25, 0.3) is 0 Å². The molecule has 1 saturated carbocycles. The number of ether oxygens (including phenoxy) is 1. The van der Waals surface area contributed by atoms with Crippen molar-refractivity contribution in [1.29, 1.82) is 0 Å². The molecule has 9 heteroatoms. The van der Waals surface area contributed by atoms with Crippen molar-refractivity contribution in [3.8, 4) is 11.4 Å². The number of methoxy groups -OCH3 is 1. The van der Waals surface area contributed by atoms with Gasteiger partial charge in [-0.25, -0.2) is 9.97 Å². The molecular weight excluding hydrogens is 394 g/mol. The molecule has 0 atom stereocenters. The number of fused-ring (bicyclic) bond motifs is 1. The van der Waals surface area contributed by atoms with Crippen molar-refractivity contribution >= 4 is 22.9 Å². The third-order valence-corrected chi connectivity index (χ3v) is 6.41. The van der Waals surface area contributed by atoms with Crippen LogP contribution in [0.15, 0.2) is 30.6 Å². The lowest BCUT2D eigenvalue weighted by molar-refractivity contribution is -0.132. The normalized spacial score (nSPS) is 17.5. The second kappa shape index (κ2) is 8.49. The number of anilines is 1. The molecule has 3 aromatic rings. The van der Waals surface area contributed by atoms with Gasteiger partial charge in [-0.15, -0.1) is 5.10 Å². The van der Waals surface area contributed by atoms with Crippen LogP contribution < -0.4 is 9.64 Å². The average Bonchev–Trinajstić information content (AvgIpc) is 3.49. The molecule has 1 aliphatic carbocycles. The Kier molecular flexibility index (Phi) is 5.40. The van der Waals surface area contributed by atoms with Crippen molar-refractivity contribution in [2.24, 2.45) is 5.92 Å². The summed E-state index contributed by atoms with van der Waals surface area (Å²) in [5.74, 6) is 2.43. The summed E-state index contributed by atoms with van der Waals surface area (Å²) in [5.41, 5.74) is 2.19. The van der Waals surface area contributed by atoms with Gasteiger partial charge in [0.05, 0.1) is 12.8 Å². The standard InChI is InChI=1S/C22H27N7O2/c1-31-18-8-6-17(7-9-18)29-22-20(25-26-29)21(23-15-24-22)28-12-10-27(11-13-28)19(30)14-16-4-2-3-5-16/h6-9,15-16H,2-5,10-14H2,1H3. The molecule has 3 heterocycles. The number of nitrogens with zero attached hydrogens (tertiary/aromatic N) is 7. The quantitative estimate of drug-likeness (QED) is 0.625. The number of benzene rings is 1. The maximum Gasteiger partial charge on any atom is 0.222 e. The molecule has 1 aliphatic heterocycles. The molecule has 0 spiro atoms. The first kappa shape index (κ1) is 19.7. The van der Waals surface area contributed by atoms with E-state index >= 15 is 0 Å². The average molecular weight is 422 g/mol. The fourth-order valence-corrected chi connectivity index (χ4v) is 4.62. The van der Waals surface area contributed by atoms with E-state index in [1.165, 1.54) is 25.7 Å². The lowest BCUT2D eigenvalue weighted by Crippen LogP contribution is -2.49. The van der Waals surface area contributed by atoms with Gasteiger partial charge in [0.1, 0.15) is 12.1 Å². The molecule has 162 valence electrons. The highest BCUT2D eigenvalue weighted by molar-refractivity contribution is 5.84. The summed E-state index contributed by atoms with van der Waals surface area (Å²) in [6.45, 7) is 2.89. The van der Waals surface area contributed by atoms with Gasteiger partial charge in [-0.1, -0.05) is 18.1 Å². The number of hydrogen-bond donors (Lipinski definition) is 0. The van der Waals surface area contributed by atoms with E-state index in [0.717, 1.165) is 30.3 Å². The van der Waals surface area contributed by atoms with E-state index in [-0.39, 0.29) is 0 Å². The van der Waals surface area contributed by atoms with Crippen LogP contribution in [0.5, 0.6) is 5.75 Å². The van der Waals surface area contributed by atoms with Gasteiger partial charge >= 0.3 is 0 Å². The molecule has 0 radical (unpaired) electrons. The van der Waals surface area contributed by atoms with Crippen molar-refractivity contribution in [1.82, 2.24) is 29.9 Å². The molecular formula is C22H27N7O2. The zero-order valence-electron chi connectivity index (χ0n) is 17.8. The Labute approximate surface area is 181 Å². The van der Waals surface area contributed by atoms with E-state index < -0.39 is 0 Å². The summed E-state index contributed by atoms with van der Waals surface area (Å²) in [7, 11) is 1.64. The summed E-state index contributed by atoms with van der Waals surface area (Å²) in [6.07, 6.45) is 7.20. The Morgan fingerprint density at radius 1 is 1.06 bits per heavy atom. The van der Waals surface area contributed by atoms with Crippen LogP contribution in [0.2, 0.25) is 0 Å². The molecule has 5 rings (SSSR count). The summed E-state index contributed by atoms with van der Waals surface area (Å²) < 4.78 is 6.94. The Hall–Kier alpha value is -3.23. The molecule has 0 bridgehead atoms. The molecule has 1 amide bonds. The molecule has 31 heavy (non-hydrogen) atoms. The van der Waals surface area contributed by atoms with E-state index in [4.69, 9.17) is 4.74 Å². The highest BCUT2D eigenvalue weighted by Crippen LogP contribution is 2.29. The number of hydrogen-bond acceptors (Lipinski definition) is 7.